The van der Waals surface area contributed by atoms with Gasteiger partial charge < -0.3 is 0 Å². The molecule has 0 aliphatic heterocycles. The third-order valence-electron chi connectivity index (χ3n) is 6.79. The van der Waals surface area contributed by atoms with Gasteiger partial charge in [0.15, 0.2) is 11.6 Å². The van der Waals surface area contributed by atoms with Gasteiger partial charge in [0.2, 0.25) is 0 Å². The van der Waals surface area contributed by atoms with E-state index in [-0.39, 0.29) is 23.4 Å². The van der Waals surface area contributed by atoms with Crippen molar-refractivity contribution >= 4 is 11.6 Å². The van der Waals surface area contributed by atoms with Crippen LogP contribution in [-0.4, -0.2) is 11.6 Å². The minimum atomic E-state index is -0.0241. The molecule has 0 radical (unpaired) electrons. The van der Waals surface area contributed by atoms with Crippen LogP contribution in [0.4, 0.5) is 0 Å². The molecule has 6 atom stereocenters. The molecule has 0 saturated heterocycles. The van der Waals surface area contributed by atoms with Crippen LogP contribution in [0, 0.1) is 35.5 Å². The Morgan fingerprint density at radius 3 is 1.81 bits per heavy atom. The highest BCUT2D eigenvalue weighted by atomic mass is 16.1. The summed E-state index contributed by atoms with van der Waals surface area (Å²) in [6, 6.07) is 0. The summed E-state index contributed by atoms with van der Waals surface area (Å²) in [5.41, 5.74) is 6.31. The van der Waals surface area contributed by atoms with Crippen LogP contribution in [0.2, 0.25) is 0 Å². The lowest BCUT2D eigenvalue weighted by molar-refractivity contribution is -0.129. The van der Waals surface area contributed by atoms with Gasteiger partial charge in [-0.25, -0.2) is 0 Å². The van der Waals surface area contributed by atoms with E-state index in [1.807, 2.05) is 0 Å². The van der Waals surface area contributed by atoms with Crippen LogP contribution >= 0.6 is 0 Å². The van der Waals surface area contributed by atoms with E-state index in [2.05, 4.69) is 13.8 Å². The summed E-state index contributed by atoms with van der Waals surface area (Å²) >= 11 is 0. The second-order valence-electron chi connectivity index (χ2n) is 7.69. The summed E-state index contributed by atoms with van der Waals surface area (Å²) in [5, 5.41) is 0. The summed E-state index contributed by atoms with van der Waals surface area (Å²) in [7, 11) is 0. The van der Waals surface area contributed by atoms with Crippen molar-refractivity contribution in [3.05, 3.63) is 34.4 Å². The van der Waals surface area contributed by atoms with Crippen LogP contribution in [0.3, 0.4) is 0 Å². The Kier molecular flexibility index (Phi) is 2.11. The quantitative estimate of drug-likeness (QED) is 0.504. The maximum atomic E-state index is 12.3. The Hall–Kier alpha value is -1.44. The van der Waals surface area contributed by atoms with Gasteiger partial charge in [-0.3, -0.25) is 9.59 Å². The van der Waals surface area contributed by atoms with E-state index >= 15 is 0 Å². The van der Waals surface area contributed by atoms with Crippen molar-refractivity contribution in [1.82, 2.24) is 0 Å². The molecule has 5 rings (SSSR count). The molecule has 0 aromatic heterocycles. The third kappa shape index (κ3) is 1.22. The van der Waals surface area contributed by atoms with Gasteiger partial charge in [-0.1, -0.05) is 22.3 Å². The minimum Gasteiger partial charge on any atom is -0.294 e. The summed E-state index contributed by atoms with van der Waals surface area (Å²) < 4.78 is 0. The van der Waals surface area contributed by atoms with Crippen molar-refractivity contribution in [3.8, 4) is 0 Å². The second-order valence-corrected chi connectivity index (χ2v) is 7.69. The molecule has 108 valence electrons. The second kappa shape index (κ2) is 3.66. The monoisotopic (exact) mass is 280 g/mol. The topological polar surface area (TPSA) is 34.1 Å². The average Bonchev–Trinajstić information content (AvgIpc) is 3.16. The first-order valence-corrected chi connectivity index (χ1v) is 8.26. The Labute approximate surface area is 125 Å². The first-order chi connectivity index (χ1) is 10.1. The number of hydrogen-bond donors (Lipinski definition) is 0. The predicted octanol–water partition coefficient (Wildman–Crippen LogP) is 3.25. The molecule has 0 spiro atoms. The minimum absolute atomic E-state index is 0.0241. The zero-order valence-electron chi connectivity index (χ0n) is 12.6. The Balaban J connectivity index is 1.67. The van der Waals surface area contributed by atoms with Crippen molar-refractivity contribution in [2.75, 3.05) is 0 Å². The molecule has 0 heterocycles. The molecule has 2 nitrogen and oxygen atoms in total. The van der Waals surface area contributed by atoms with Crippen molar-refractivity contribution in [2.45, 2.75) is 33.1 Å². The van der Waals surface area contributed by atoms with Crippen LogP contribution in [0.15, 0.2) is 34.4 Å². The molecule has 0 unspecified atom stereocenters. The molecule has 0 amide bonds. The maximum absolute atomic E-state index is 12.3. The Morgan fingerprint density at radius 1 is 0.905 bits per heavy atom. The van der Waals surface area contributed by atoms with Gasteiger partial charge in [-0.05, 0) is 57.1 Å². The molecule has 21 heavy (non-hydrogen) atoms. The zero-order chi connectivity index (χ0) is 14.5. The molecule has 2 saturated carbocycles. The fourth-order valence-electron chi connectivity index (χ4n) is 6.42. The summed E-state index contributed by atoms with van der Waals surface area (Å²) in [4.78, 5) is 24.7. The zero-order valence-corrected chi connectivity index (χ0v) is 12.6. The van der Waals surface area contributed by atoms with Crippen molar-refractivity contribution < 1.29 is 9.59 Å². The van der Waals surface area contributed by atoms with Gasteiger partial charge >= 0.3 is 0 Å². The number of ketones is 2. The first kappa shape index (κ1) is 12.1. The Bertz CT molecular complexity index is 636. The standard InChI is InChI=1S/C19H20O2/c1-8(2)15-9-3-4-10(15)17-12-7-11(16(9)17)18-13(20)5-6-14(21)19(12)18/h5-6,9-12,18-19H,3-4,7H2,1-2H3/t9-,10-,11-,12-,18-,19-/m1/s1. The number of hydrogen-bond acceptors (Lipinski definition) is 2. The highest BCUT2D eigenvalue weighted by Crippen LogP contribution is 2.69. The van der Waals surface area contributed by atoms with E-state index in [0.717, 1.165) is 6.42 Å². The average molecular weight is 280 g/mol. The molecule has 2 heteroatoms. The van der Waals surface area contributed by atoms with E-state index in [1.54, 1.807) is 28.9 Å². The van der Waals surface area contributed by atoms with E-state index in [4.69, 9.17) is 0 Å². The molecular formula is C19H20O2. The van der Waals surface area contributed by atoms with Crippen molar-refractivity contribution in [3.63, 3.8) is 0 Å². The van der Waals surface area contributed by atoms with Crippen LogP contribution in [0.5, 0.6) is 0 Å². The van der Waals surface area contributed by atoms with Crippen LogP contribution in [-0.2, 0) is 9.59 Å². The van der Waals surface area contributed by atoms with E-state index in [1.165, 1.54) is 18.4 Å². The highest BCUT2D eigenvalue weighted by Gasteiger charge is 2.63. The van der Waals surface area contributed by atoms with Crippen LogP contribution in [0.1, 0.15) is 33.1 Å². The van der Waals surface area contributed by atoms with E-state index in [9.17, 15) is 9.59 Å². The molecule has 0 N–H and O–H groups in total. The van der Waals surface area contributed by atoms with E-state index < -0.39 is 0 Å². The maximum Gasteiger partial charge on any atom is 0.160 e. The SMILES string of the molecule is CC(C)=C1[C@H]2CC[C@H]1C1=C2[C@H]2C[C@H]1[C@@H]1C(=O)C=CC(=O)[C@H]12. The lowest BCUT2D eigenvalue weighted by atomic mass is 9.67. The smallest absolute Gasteiger partial charge is 0.160 e. The van der Waals surface area contributed by atoms with Gasteiger partial charge in [-0.2, -0.15) is 0 Å². The number of fused-ring (bicyclic) bond motifs is 11. The van der Waals surface area contributed by atoms with Gasteiger partial charge in [0.1, 0.15) is 0 Å². The molecule has 0 aromatic carbocycles. The van der Waals surface area contributed by atoms with E-state index in [0.29, 0.717) is 23.7 Å². The molecular weight excluding hydrogens is 260 g/mol. The predicted molar refractivity (Wildman–Crippen MR) is 79.3 cm³/mol. The van der Waals surface area contributed by atoms with Gasteiger partial charge in [0.05, 0.1) is 0 Å². The summed E-state index contributed by atoms with van der Waals surface area (Å²) in [6.45, 7) is 4.46. The molecule has 2 fully saturated rings. The fourth-order valence-corrected chi connectivity index (χ4v) is 6.42. The van der Waals surface area contributed by atoms with Crippen molar-refractivity contribution in [1.29, 1.82) is 0 Å². The largest absolute Gasteiger partial charge is 0.294 e. The Morgan fingerprint density at radius 2 is 1.38 bits per heavy atom. The first-order valence-electron chi connectivity index (χ1n) is 8.26. The number of allylic oxidation sites excluding steroid dienone is 6. The lowest BCUT2D eigenvalue weighted by Crippen LogP contribution is -2.38. The van der Waals surface area contributed by atoms with Gasteiger partial charge in [-0.15, -0.1) is 0 Å². The van der Waals surface area contributed by atoms with Gasteiger partial charge in [0.25, 0.3) is 0 Å². The lowest BCUT2D eigenvalue weighted by Gasteiger charge is -2.35. The number of rotatable bonds is 0. The normalized spacial score (nSPS) is 45.7. The summed E-state index contributed by atoms with van der Waals surface area (Å²) in [6.07, 6.45) is 6.69. The molecule has 5 aliphatic carbocycles. The van der Waals surface area contributed by atoms with Crippen LogP contribution in [0.25, 0.3) is 0 Å². The molecule has 5 aliphatic rings. The number of carbonyl (C=O) groups excluding carboxylic acids is 2. The highest BCUT2D eigenvalue weighted by molar-refractivity contribution is 6.08. The fraction of sp³-hybridized carbons (Fsp3) is 0.579. The van der Waals surface area contributed by atoms with Crippen molar-refractivity contribution in [2.24, 2.45) is 35.5 Å². The number of carbonyl (C=O) groups is 2. The van der Waals surface area contributed by atoms with Gasteiger partial charge in [0, 0.05) is 23.7 Å². The van der Waals surface area contributed by atoms with Crippen LogP contribution < -0.4 is 0 Å². The summed E-state index contributed by atoms with van der Waals surface area (Å²) in [5.74, 6) is 2.34. The molecule has 4 bridgehead atoms. The molecule has 0 aromatic rings. The third-order valence-corrected chi connectivity index (χ3v) is 6.79.